The highest BCUT2D eigenvalue weighted by atomic mass is 16.6. The highest BCUT2D eigenvalue weighted by molar-refractivity contribution is 5.91. The molecule has 0 fully saturated rings. The predicted molar refractivity (Wildman–Crippen MR) is 88.3 cm³/mol. The molecule has 2 amide bonds. The molecule has 0 aliphatic heterocycles. The fraction of sp³-hybridized carbons (Fsp3) is 0.500. The standard InChI is InChI=1S/C16H25N3O3/c1-16(2,3)22-15(21)17-11-10-14(20)18-12-6-8-13(9-7-12)19(4)5/h6-9H,10-11H2,1-5H3,(H,17,21)(H,18,20). The number of amides is 2. The quantitative estimate of drug-likeness (QED) is 0.877. The molecule has 0 aliphatic carbocycles. The van der Waals surface area contributed by atoms with Gasteiger partial charge < -0.3 is 20.3 Å². The van der Waals surface area contributed by atoms with E-state index in [2.05, 4.69) is 10.6 Å². The van der Waals surface area contributed by atoms with Crippen LogP contribution in [0.25, 0.3) is 0 Å². The number of carbonyl (C=O) groups is 2. The molecule has 1 aromatic rings. The van der Waals surface area contributed by atoms with Gasteiger partial charge in [0, 0.05) is 38.4 Å². The third-order valence-corrected chi connectivity index (χ3v) is 2.69. The Morgan fingerprint density at radius 2 is 1.73 bits per heavy atom. The number of rotatable bonds is 5. The molecule has 0 aliphatic rings. The second-order valence-corrected chi connectivity index (χ2v) is 6.17. The first-order chi connectivity index (χ1) is 10.2. The number of anilines is 2. The number of nitrogens with one attached hydrogen (secondary N) is 2. The second-order valence-electron chi connectivity index (χ2n) is 6.17. The largest absolute Gasteiger partial charge is 0.444 e. The molecule has 122 valence electrons. The van der Waals surface area contributed by atoms with E-state index in [1.54, 1.807) is 20.8 Å². The molecule has 0 atom stereocenters. The van der Waals surface area contributed by atoms with Gasteiger partial charge in [-0.1, -0.05) is 0 Å². The van der Waals surface area contributed by atoms with E-state index in [9.17, 15) is 9.59 Å². The molecule has 6 heteroatoms. The molecular weight excluding hydrogens is 282 g/mol. The van der Waals surface area contributed by atoms with Gasteiger partial charge in [-0.3, -0.25) is 4.79 Å². The molecule has 1 aromatic carbocycles. The molecule has 0 bridgehead atoms. The molecule has 0 saturated carbocycles. The number of carbonyl (C=O) groups excluding carboxylic acids is 2. The van der Waals surface area contributed by atoms with Gasteiger partial charge in [-0.15, -0.1) is 0 Å². The van der Waals surface area contributed by atoms with Gasteiger partial charge >= 0.3 is 6.09 Å². The molecule has 2 N–H and O–H groups in total. The lowest BCUT2D eigenvalue weighted by Gasteiger charge is -2.19. The minimum absolute atomic E-state index is 0.159. The first kappa shape index (κ1) is 17.8. The van der Waals surface area contributed by atoms with Crippen LogP contribution in [-0.2, 0) is 9.53 Å². The number of hydrogen-bond acceptors (Lipinski definition) is 4. The summed E-state index contributed by atoms with van der Waals surface area (Å²) in [5, 5.41) is 5.33. The minimum atomic E-state index is -0.541. The summed E-state index contributed by atoms with van der Waals surface area (Å²) in [7, 11) is 3.91. The zero-order valence-electron chi connectivity index (χ0n) is 13.9. The molecular formula is C16H25N3O3. The van der Waals surface area contributed by atoms with Crippen molar-refractivity contribution in [2.24, 2.45) is 0 Å². The Morgan fingerprint density at radius 1 is 1.14 bits per heavy atom. The minimum Gasteiger partial charge on any atom is -0.444 e. The predicted octanol–water partition coefficient (Wildman–Crippen LogP) is 2.61. The van der Waals surface area contributed by atoms with E-state index in [0.29, 0.717) is 0 Å². The lowest BCUT2D eigenvalue weighted by molar-refractivity contribution is -0.116. The van der Waals surface area contributed by atoms with Crippen LogP contribution in [0, 0.1) is 0 Å². The highest BCUT2D eigenvalue weighted by Gasteiger charge is 2.15. The zero-order chi connectivity index (χ0) is 16.8. The van der Waals surface area contributed by atoms with Crippen molar-refractivity contribution in [3.63, 3.8) is 0 Å². The van der Waals surface area contributed by atoms with Gasteiger partial charge in [0.1, 0.15) is 5.60 Å². The first-order valence-electron chi connectivity index (χ1n) is 7.21. The van der Waals surface area contributed by atoms with E-state index in [-0.39, 0.29) is 18.9 Å². The Bertz CT molecular complexity index is 504. The summed E-state index contributed by atoms with van der Waals surface area (Å²) in [6.07, 6.45) is -0.329. The van der Waals surface area contributed by atoms with Crippen molar-refractivity contribution in [2.75, 3.05) is 30.9 Å². The van der Waals surface area contributed by atoms with E-state index < -0.39 is 11.7 Å². The Kier molecular flexibility index (Phi) is 6.22. The number of alkyl carbamates (subject to hydrolysis) is 1. The van der Waals surface area contributed by atoms with Crippen molar-refractivity contribution < 1.29 is 14.3 Å². The Morgan fingerprint density at radius 3 is 2.23 bits per heavy atom. The van der Waals surface area contributed by atoms with Crippen LogP contribution in [0.2, 0.25) is 0 Å². The molecule has 0 aromatic heterocycles. The monoisotopic (exact) mass is 307 g/mol. The lowest BCUT2D eigenvalue weighted by atomic mass is 10.2. The average molecular weight is 307 g/mol. The maximum Gasteiger partial charge on any atom is 0.407 e. The van der Waals surface area contributed by atoms with Gasteiger partial charge in [-0.05, 0) is 45.0 Å². The summed E-state index contributed by atoms with van der Waals surface area (Å²) in [5.74, 6) is -0.159. The molecule has 6 nitrogen and oxygen atoms in total. The van der Waals surface area contributed by atoms with Crippen LogP contribution in [0.5, 0.6) is 0 Å². The zero-order valence-corrected chi connectivity index (χ0v) is 13.9. The van der Waals surface area contributed by atoms with Gasteiger partial charge in [0.05, 0.1) is 0 Å². The maximum atomic E-state index is 11.8. The number of nitrogens with zero attached hydrogens (tertiary/aromatic N) is 1. The van der Waals surface area contributed by atoms with Crippen molar-refractivity contribution in [3.05, 3.63) is 24.3 Å². The van der Waals surface area contributed by atoms with E-state index in [1.807, 2.05) is 43.3 Å². The summed E-state index contributed by atoms with van der Waals surface area (Å²) in [4.78, 5) is 25.2. The normalized spacial score (nSPS) is 10.8. The summed E-state index contributed by atoms with van der Waals surface area (Å²) >= 11 is 0. The molecule has 0 saturated heterocycles. The van der Waals surface area contributed by atoms with Crippen LogP contribution in [0.15, 0.2) is 24.3 Å². The third kappa shape index (κ3) is 6.97. The Hall–Kier alpha value is -2.24. The Labute approximate surface area is 131 Å². The molecule has 0 radical (unpaired) electrons. The van der Waals surface area contributed by atoms with Crippen molar-refractivity contribution in [2.45, 2.75) is 32.8 Å². The van der Waals surface area contributed by atoms with Crippen LogP contribution >= 0.6 is 0 Å². The van der Waals surface area contributed by atoms with Crippen LogP contribution < -0.4 is 15.5 Å². The molecule has 0 spiro atoms. The Balaban J connectivity index is 2.33. The van der Waals surface area contributed by atoms with Gasteiger partial charge in [-0.2, -0.15) is 0 Å². The van der Waals surface area contributed by atoms with Gasteiger partial charge in [-0.25, -0.2) is 4.79 Å². The molecule has 22 heavy (non-hydrogen) atoms. The van der Waals surface area contributed by atoms with Crippen molar-refractivity contribution in [3.8, 4) is 0 Å². The van der Waals surface area contributed by atoms with E-state index >= 15 is 0 Å². The summed E-state index contributed by atoms with van der Waals surface area (Å²) in [5.41, 5.74) is 1.25. The van der Waals surface area contributed by atoms with E-state index in [1.165, 1.54) is 0 Å². The number of benzene rings is 1. The van der Waals surface area contributed by atoms with Crippen LogP contribution in [0.4, 0.5) is 16.2 Å². The fourth-order valence-corrected chi connectivity index (χ4v) is 1.66. The topological polar surface area (TPSA) is 70.7 Å². The van der Waals surface area contributed by atoms with E-state index in [4.69, 9.17) is 4.74 Å². The second kappa shape index (κ2) is 7.68. The lowest BCUT2D eigenvalue weighted by Crippen LogP contribution is -2.34. The third-order valence-electron chi connectivity index (χ3n) is 2.69. The van der Waals surface area contributed by atoms with Gasteiger partial charge in [0.25, 0.3) is 0 Å². The number of hydrogen-bond donors (Lipinski definition) is 2. The smallest absolute Gasteiger partial charge is 0.407 e. The first-order valence-corrected chi connectivity index (χ1v) is 7.21. The SMILES string of the molecule is CN(C)c1ccc(NC(=O)CCNC(=O)OC(C)(C)C)cc1. The van der Waals surface area contributed by atoms with Crippen molar-refractivity contribution in [1.29, 1.82) is 0 Å². The summed E-state index contributed by atoms with van der Waals surface area (Å²) in [6, 6.07) is 7.53. The van der Waals surface area contributed by atoms with Gasteiger partial charge in [0.2, 0.25) is 5.91 Å². The van der Waals surface area contributed by atoms with Crippen LogP contribution in [-0.4, -0.2) is 38.2 Å². The summed E-state index contributed by atoms with van der Waals surface area (Å²) in [6.45, 7) is 5.60. The molecule has 0 heterocycles. The number of ether oxygens (including phenoxy) is 1. The van der Waals surface area contributed by atoms with E-state index in [0.717, 1.165) is 11.4 Å². The molecule has 1 rings (SSSR count). The molecule has 0 unspecified atom stereocenters. The van der Waals surface area contributed by atoms with Crippen molar-refractivity contribution in [1.82, 2.24) is 5.32 Å². The average Bonchev–Trinajstić information content (AvgIpc) is 2.37. The van der Waals surface area contributed by atoms with Crippen LogP contribution in [0.3, 0.4) is 0 Å². The van der Waals surface area contributed by atoms with Crippen molar-refractivity contribution >= 4 is 23.4 Å². The highest BCUT2D eigenvalue weighted by Crippen LogP contribution is 2.15. The summed E-state index contributed by atoms with van der Waals surface area (Å²) < 4.78 is 5.09. The van der Waals surface area contributed by atoms with Gasteiger partial charge in [0.15, 0.2) is 0 Å². The van der Waals surface area contributed by atoms with Crippen LogP contribution in [0.1, 0.15) is 27.2 Å². The fourth-order valence-electron chi connectivity index (χ4n) is 1.66. The maximum absolute atomic E-state index is 11.8.